The van der Waals surface area contributed by atoms with Crippen LogP contribution in [0.3, 0.4) is 0 Å². The lowest BCUT2D eigenvalue weighted by atomic mass is 9.92. The molecule has 1 fully saturated rings. The molecule has 1 heterocycles. The Kier molecular flexibility index (Phi) is 4.26. The van der Waals surface area contributed by atoms with Crippen LogP contribution in [0.2, 0.25) is 0 Å². The molecular formula is C17H20FNO2. The highest BCUT2D eigenvalue weighted by Crippen LogP contribution is 2.27. The van der Waals surface area contributed by atoms with Gasteiger partial charge in [-0.25, -0.2) is 4.39 Å². The average molecular weight is 289 g/mol. The maximum absolute atomic E-state index is 13.8. The van der Waals surface area contributed by atoms with Gasteiger partial charge in [0.15, 0.2) is 0 Å². The number of hydrogen-bond acceptors (Lipinski definition) is 2. The van der Waals surface area contributed by atoms with E-state index in [1.165, 1.54) is 6.07 Å². The van der Waals surface area contributed by atoms with Gasteiger partial charge in [-0.3, -0.25) is 9.59 Å². The number of piperidine rings is 1. The molecule has 0 saturated carbocycles. The molecule has 1 aromatic carbocycles. The third kappa shape index (κ3) is 3.57. The Bertz CT molecular complexity index is 599. The first-order valence-corrected chi connectivity index (χ1v) is 7.08. The number of halogens is 1. The summed E-state index contributed by atoms with van der Waals surface area (Å²) in [4.78, 5) is 25.8. The maximum atomic E-state index is 13.8. The van der Waals surface area contributed by atoms with Crippen molar-refractivity contribution in [3.63, 3.8) is 0 Å². The molecule has 0 bridgehead atoms. The fourth-order valence-electron chi connectivity index (χ4n) is 2.30. The normalized spacial score (nSPS) is 18.2. The lowest BCUT2D eigenvalue weighted by Crippen LogP contribution is -2.42. The van der Waals surface area contributed by atoms with Crippen LogP contribution >= 0.6 is 0 Å². The summed E-state index contributed by atoms with van der Waals surface area (Å²) in [6, 6.07) is 6.35. The van der Waals surface area contributed by atoms with Gasteiger partial charge < -0.3 is 4.90 Å². The molecule has 0 aliphatic carbocycles. The van der Waals surface area contributed by atoms with Crippen LogP contribution in [0.1, 0.15) is 39.2 Å². The Balaban J connectivity index is 2.38. The van der Waals surface area contributed by atoms with Crippen LogP contribution in [0.15, 0.2) is 30.0 Å². The van der Waals surface area contributed by atoms with Gasteiger partial charge in [0.25, 0.3) is 0 Å². The third-order valence-electron chi connectivity index (χ3n) is 3.45. The Labute approximate surface area is 124 Å². The Morgan fingerprint density at radius 1 is 1.29 bits per heavy atom. The summed E-state index contributed by atoms with van der Waals surface area (Å²) in [7, 11) is 0. The zero-order valence-electron chi connectivity index (χ0n) is 12.6. The highest BCUT2D eigenvalue weighted by Gasteiger charge is 2.32. The van der Waals surface area contributed by atoms with Gasteiger partial charge in [-0.1, -0.05) is 39.0 Å². The van der Waals surface area contributed by atoms with E-state index < -0.39 is 5.41 Å². The van der Waals surface area contributed by atoms with Crippen molar-refractivity contribution < 1.29 is 14.0 Å². The molecule has 0 unspecified atom stereocenters. The Morgan fingerprint density at radius 2 is 1.95 bits per heavy atom. The van der Waals surface area contributed by atoms with E-state index in [-0.39, 0.29) is 23.9 Å². The number of amides is 1. The molecular weight excluding hydrogens is 269 g/mol. The quantitative estimate of drug-likeness (QED) is 0.794. The molecule has 1 amide bonds. The van der Waals surface area contributed by atoms with Crippen molar-refractivity contribution in [1.29, 1.82) is 0 Å². The monoisotopic (exact) mass is 289 g/mol. The average Bonchev–Trinajstić information content (AvgIpc) is 2.40. The zero-order chi connectivity index (χ0) is 15.6. The van der Waals surface area contributed by atoms with Crippen LogP contribution in [0.25, 0.3) is 6.08 Å². The number of Topliss-reactive ketones (excluding diaryl/α,β-unsaturated/α-hetero) is 1. The SMILES string of the molecule is CC(C)(C)C(=O)N1CCC(=O)C/C1=C\c1ccccc1F. The van der Waals surface area contributed by atoms with Crippen molar-refractivity contribution in [2.45, 2.75) is 33.6 Å². The molecule has 1 aliphatic rings. The number of carbonyl (C=O) groups is 2. The summed E-state index contributed by atoms with van der Waals surface area (Å²) < 4.78 is 13.8. The molecule has 0 spiro atoms. The van der Waals surface area contributed by atoms with Crippen molar-refractivity contribution in [2.75, 3.05) is 6.54 Å². The topological polar surface area (TPSA) is 37.4 Å². The van der Waals surface area contributed by atoms with E-state index in [1.807, 2.05) is 20.8 Å². The van der Waals surface area contributed by atoms with E-state index in [9.17, 15) is 14.0 Å². The smallest absolute Gasteiger partial charge is 0.232 e. The summed E-state index contributed by atoms with van der Waals surface area (Å²) in [5, 5.41) is 0. The summed E-state index contributed by atoms with van der Waals surface area (Å²) >= 11 is 0. The minimum atomic E-state index is -0.533. The van der Waals surface area contributed by atoms with Gasteiger partial charge in [0, 0.05) is 36.1 Å². The van der Waals surface area contributed by atoms with E-state index in [2.05, 4.69) is 0 Å². The lowest BCUT2D eigenvalue weighted by molar-refractivity contribution is -0.139. The second-order valence-electron chi connectivity index (χ2n) is 6.33. The van der Waals surface area contributed by atoms with E-state index in [4.69, 9.17) is 0 Å². The summed E-state index contributed by atoms with van der Waals surface area (Å²) in [6.07, 6.45) is 2.14. The number of hydrogen-bond donors (Lipinski definition) is 0. The van der Waals surface area contributed by atoms with Gasteiger partial charge in [-0.05, 0) is 12.1 Å². The van der Waals surface area contributed by atoms with E-state index in [0.717, 1.165) is 0 Å². The molecule has 21 heavy (non-hydrogen) atoms. The van der Waals surface area contributed by atoms with Gasteiger partial charge >= 0.3 is 0 Å². The van der Waals surface area contributed by atoms with Crippen LogP contribution in [0.4, 0.5) is 4.39 Å². The molecule has 112 valence electrons. The number of carbonyl (C=O) groups excluding carboxylic acids is 2. The lowest BCUT2D eigenvalue weighted by Gasteiger charge is -2.34. The van der Waals surface area contributed by atoms with Crippen LogP contribution < -0.4 is 0 Å². The first-order valence-electron chi connectivity index (χ1n) is 7.08. The van der Waals surface area contributed by atoms with Crippen LogP contribution in [0, 0.1) is 11.2 Å². The molecule has 1 aliphatic heterocycles. The predicted molar refractivity (Wildman–Crippen MR) is 79.8 cm³/mol. The predicted octanol–water partition coefficient (Wildman–Crippen LogP) is 3.40. The molecule has 1 saturated heterocycles. The molecule has 3 nitrogen and oxygen atoms in total. The van der Waals surface area contributed by atoms with Gasteiger partial charge in [0.2, 0.25) is 5.91 Å². The highest BCUT2D eigenvalue weighted by atomic mass is 19.1. The van der Waals surface area contributed by atoms with Gasteiger partial charge in [-0.15, -0.1) is 0 Å². The number of rotatable bonds is 1. The fourth-order valence-corrected chi connectivity index (χ4v) is 2.30. The number of ketones is 1. The second kappa shape index (κ2) is 5.80. The van der Waals surface area contributed by atoms with Crippen molar-refractivity contribution in [2.24, 2.45) is 5.41 Å². The first kappa shape index (κ1) is 15.4. The minimum Gasteiger partial charge on any atom is -0.315 e. The largest absolute Gasteiger partial charge is 0.315 e. The molecule has 1 aromatic rings. The number of likely N-dealkylation sites (tertiary alicyclic amines) is 1. The minimum absolute atomic E-state index is 0.0439. The van der Waals surface area contributed by atoms with E-state index in [0.29, 0.717) is 24.2 Å². The van der Waals surface area contributed by atoms with Crippen molar-refractivity contribution in [3.8, 4) is 0 Å². The molecule has 0 N–H and O–H groups in total. The Hall–Kier alpha value is -1.97. The molecule has 4 heteroatoms. The third-order valence-corrected chi connectivity index (χ3v) is 3.45. The maximum Gasteiger partial charge on any atom is 0.232 e. The van der Waals surface area contributed by atoms with Crippen molar-refractivity contribution in [3.05, 3.63) is 41.3 Å². The number of nitrogens with zero attached hydrogens (tertiary/aromatic N) is 1. The molecule has 0 radical (unpaired) electrons. The van der Waals surface area contributed by atoms with Crippen molar-refractivity contribution >= 4 is 17.8 Å². The standard InChI is InChI=1S/C17H20FNO2/c1-17(2,3)16(21)19-9-8-14(20)11-13(19)10-12-6-4-5-7-15(12)18/h4-7,10H,8-9,11H2,1-3H3/b13-10+. The van der Waals surface area contributed by atoms with Gasteiger partial charge in [0.1, 0.15) is 11.6 Å². The van der Waals surface area contributed by atoms with E-state index >= 15 is 0 Å². The second-order valence-corrected chi connectivity index (χ2v) is 6.33. The summed E-state index contributed by atoms with van der Waals surface area (Å²) in [5.74, 6) is -0.320. The van der Waals surface area contributed by atoms with Crippen molar-refractivity contribution in [1.82, 2.24) is 4.90 Å². The Morgan fingerprint density at radius 3 is 2.57 bits per heavy atom. The molecule has 0 aromatic heterocycles. The van der Waals surface area contributed by atoms with Crippen LogP contribution in [0.5, 0.6) is 0 Å². The van der Waals surface area contributed by atoms with Gasteiger partial charge in [-0.2, -0.15) is 0 Å². The summed E-state index contributed by atoms with van der Waals surface area (Å²) in [6.45, 7) is 5.89. The van der Waals surface area contributed by atoms with Gasteiger partial charge in [0.05, 0.1) is 0 Å². The first-order chi connectivity index (χ1) is 9.79. The van der Waals surface area contributed by atoms with Crippen LogP contribution in [-0.4, -0.2) is 23.1 Å². The summed E-state index contributed by atoms with van der Waals surface area (Å²) in [5.41, 5.74) is 0.444. The molecule has 0 atom stereocenters. The number of benzene rings is 1. The van der Waals surface area contributed by atoms with Crippen LogP contribution in [-0.2, 0) is 9.59 Å². The number of allylic oxidation sites excluding steroid dienone is 1. The highest BCUT2D eigenvalue weighted by molar-refractivity contribution is 5.90. The van der Waals surface area contributed by atoms with E-state index in [1.54, 1.807) is 29.2 Å². The molecule has 2 rings (SSSR count). The zero-order valence-corrected chi connectivity index (χ0v) is 12.6. The fraction of sp³-hybridized carbons (Fsp3) is 0.412.